The van der Waals surface area contributed by atoms with Crippen molar-refractivity contribution < 1.29 is 0 Å². The van der Waals surface area contributed by atoms with E-state index < -0.39 is 0 Å². The van der Waals surface area contributed by atoms with Crippen LogP contribution in [0.3, 0.4) is 0 Å². The molecule has 0 saturated carbocycles. The van der Waals surface area contributed by atoms with Gasteiger partial charge in [-0.15, -0.1) is 0 Å². The monoisotopic (exact) mass is 156 g/mol. The van der Waals surface area contributed by atoms with Gasteiger partial charge in [0, 0.05) is 24.5 Å². The normalized spacial score (nSPS) is 12.7. The molecule has 2 aromatic rings. The van der Waals surface area contributed by atoms with Crippen molar-refractivity contribution in [3.8, 4) is 11.4 Å². The average Bonchev–Trinajstić information content (AvgIpc) is 2.62. The predicted octanol–water partition coefficient (Wildman–Crippen LogP) is 1.91. The highest BCUT2D eigenvalue weighted by atomic mass is 15.1. The summed E-state index contributed by atoms with van der Waals surface area (Å²) in [6.45, 7) is 0.978. The first-order chi connectivity index (χ1) is 5.95. The largest absolute Gasteiger partial charge is 0.327 e. The molecule has 58 valence electrons. The van der Waals surface area contributed by atoms with E-state index in [1.54, 1.807) is 0 Å². The standard InChI is InChI=1S/C10H8N2/c1-2-4-9-8(3-1)7-12-6-5-11-10(9)12/h1-6H,7H2. The maximum atomic E-state index is 4.30. The Morgan fingerprint density at radius 1 is 1.25 bits per heavy atom. The van der Waals surface area contributed by atoms with Crippen molar-refractivity contribution in [2.75, 3.05) is 0 Å². The fourth-order valence-electron chi connectivity index (χ4n) is 1.74. The number of hydrogen-bond donors (Lipinski definition) is 0. The van der Waals surface area contributed by atoms with Crippen LogP contribution in [0.4, 0.5) is 0 Å². The summed E-state index contributed by atoms with van der Waals surface area (Å²) in [7, 11) is 0. The van der Waals surface area contributed by atoms with E-state index in [4.69, 9.17) is 0 Å². The van der Waals surface area contributed by atoms with Crippen molar-refractivity contribution >= 4 is 0 Å². The molecule has 0 radical (unpaired) electrons. The van der Waals surface area contributed by atoms with Gasteiger partial charge >= 0.3 is 0 Å². The van der Waals surface area contributed by atoms with E-state index in [9.17, 15) is 0 Å². The summed E-state index contributed by atoms with van der Waals surface area (Å²) < 4.78 is 2.17. The summed E-state index contributed by atoms with van der Waals surface area (Å²) in [5.74, 6) is 1.10. The van der Waals surface area contributed by atoms with Crippen molar-refractivity contribution in [2.24, 2.45) is 0 Å². The summed E-state index contributed by atoms with van der Waals surface area (Å²) in [5, 5.41) is 0. The molecule has 0 spiro atoms. The number of imidazole rings is 1. The first-order valence-electron chi connectivity index (χ1n) is 4.04. The van der Waals surface area contributed by atoms with Crippen LogP contribution in [-0.2, 0) is 6.54 Å². The van der Waals surface area contributed by atoms with Gasteiger partial charge in [-0.2, -0.15) is 0 Å². The fraction of sp³-hybridized carbons (Fsp3) is 0.100. The third-order valence-corrected chi connectivity index (χ3v) is 2.31. The summed E-state index contributed by atoms with van der Waals surface area (Å²) in [6.07, 6.45) is 3.88. The Balaban J connectivity index is 2.34. The number of rotatable bonds is 0. The third kappa shape index (κ3) is 0.619. The van der Waals surface area contributed by atoms with E-state index in [0.717, 1.165) is 12.4 Å². The zero-order chi connectivity index (χ0) is 7.97. The Morgan fingerprint density at radius 2 is 2.17 bits per heavy atom. The second-order valence-corrected chi connectivity index (χ2v) is 3.04. The minimum Gasteiger partial charge on any atom is -0.327 e. The number of nitrogens with zero attached hydrogens (tertiary/aromatic N) is 2. The number of benzene rings is 1. The summed E-state index contributed by atoms with van der Waals surface area (Å²) in [6, 6.07) is 8.42. The Morgan fingerprint density at radius 3 is 3.17 bits per heavy atom. The molecule has 0 amide bonds. The van der Waals surface area contributed by atoms with E-state index in [2.05, 4.69) is 33.8 Å². The lowest BCUT2D eigenvalue weighted by molar-refractivity contribution is 0.848. The van der Waals surface area contributed by atoms with Crippen molar-refractivity contribution in [1.29, 1.82) is 0 Å². The minimum absolute atomic E-state index is 0.978. The number of hydrogen-bond acceptors (Lipinski definition) is 1. The molecule has 0 unspecified atom stereocenters. The number of aromatic nitrogens is 2. The van der Waals surface area contributed by atoms with E-state index >= 15 is 0 Å². The van der Waals surface area contributed by atoms with Crippen LogP contribution in [-0.4, -0.2) is 9.55 Å². The molecule has 1 aromatic heterocycles. The predicted molar refractivity (Wildman–Crippen MR) is 46.8 cm³/mol. The van der Waals surface area contributed by atoms with Crippen LogP contribution in [0.5, 0.6) is 0 Å². The molecule has 1 aliphatic heterocycles. The average molecular weight is 156 g/mol. The highest BCUT2D eigenvalue weighted by Crippen LogP contribution is 2.29. The van der Waals surface area contributed by atoms with E-state index in [1.807, 2.05) is 12.4 Å². The quantitative estimate of drug-likeness (QED) is 0.486. The maximum Gasteiger partial charge on any atom is 0.140 e. The zero-order valence-corrected chi connectivity index (χ0v) is 6.57. The smallest absolute Gasteiger partial charge is 0.140 e. The second kappa shape index (κ2) is 1.97. The van der Waals surface area contributed by atoms with Crippen LogP contribution in [0.2, 0.25) is 0 Å². The van der Waals surface area contributed by atoms with Gasteiger partial charge in [0.2, 0.25) is 0 Å². The molecule has 0 N–H and O–H groups in total. The Hall–Kier alpha value is -1.57. The lowest BCUT2D eigenvalue weighted by Gasteiger charge is -1.93. The van der Waals surface area contributed by atoms with Gasteiger partial charge in [0.05, 0.1) is 0 Å². The van der Waals surface area contributed by atoms with Crippen LogP contribution in [0, 0.1) is 0 Å². The molecular formula is C10H8N2. The first-order valence-corrected chi connectivity index (χ1v) is 4.04. The zero-order valence-electron chi connectivity index (χ0n) is 6.57. The SMILES string of the molecule is c1ccc2c(c1)Cn1ccnc1-2. The van der Waals surface area contributed by atoms with Crippen molar-refractivity contribution in [3.05, 3.63) is 42.2 Å². The maximum absolute atomic E-state index is 4.30. The molecule has 0 fully saturated rings. The Kier molecular flexibility index (Phi) is 0.987. The summed E-state index contributed by atoms with van der Waals surface area (Å²) in [4.78, 5) is 4.30. The van der Waals surface area contributed by atoms with Gasteiger partial charge in [0.15, 0.2) is 0 Å². The molecule has 0 saturated heterocycles. The second-order valence-electron chi connectivity index (χ2n) is 3.04. The molecule has 2 nitrogen and oxygen atoms in total. The number of fused-ring (bicyclic) bond motifs is 3. The summed E-state index contributed by atoms with van der Waals surface area (Å²) in [5.41, 5.74) is 2.66. The molecule has 1 aromatic carbocycles. The highest BCUT2D eigenvalue weighted by Gasteiger charge is 2.16. The molecule has 1 aliphatic rings. The lowest BCUT2D eigenvalue weighted by atomic mass is 10.1. The van der Waals surface area contributed by atoms with Crippen molar-refractivity contribution in [1.82, 2.24) is 9.55 Å². The molecule has 2 heterocycles. The molecular weight excluding hydrogens is 148 g/mol. The van der Waals surface area contributed by atoms with Gasteiger partial charge in [-0.05, 0) is 5.56 Å². The van der Waals surface area contributed by atoms with Crippen LogP contribution in [0.25, 0.3) is 11.4 Å². The molecule has 0 atom stereocenters. The fourth-order valence-corrected chi connectivity index (χ4v) is 1.74. The van der Waals surface area contributed by atoms with Crippen LogP contribution in [0.1, 0.15) is 5.56 Å². The van der Waals surface area contributed by atoms with E-state index in [-0.39, 0.29) is 0 Å². The molecule has 0 bridgehead atoms. The van der Waals surface area contributed by atoms with Crippen molar-refractivity contribution in [2.45, 2.75) is 6.54 Å². The van der Waals surface area contributed by atoms with Crippen molar-refractivity contribution in [3.63, 3.8) is 0 Å². The Labute approximate surface area is 70.5 Å². The van der Waals surface area contributed by atoms with E-state index in [0.29, 0.717) is 0 Å². The van der Waals surface area contributed by atoms with Gasteiger partial charge < -0.3 is 4.57 Å². The molecule has 0 aliphatic carbocycles. The molecule has 12 heavy (non-hydrogen) atoms. The Bertz CT molecular complexity index is 429. The lowest BCUT2D eigenvalue weighted by Crippen LogP contribution is -1.88. The minimum atomic E-state index is 0.978. The van der Waals surface area contributed by atoms with Crippen LogP contribution < -0.4 is 0 Å². The van der Waals surface area contributed by atoms with Gasteiger partial charge in [-0.3, -0.25) is 0 Å². The molecule has 3 rings (SSSR count). The van der Waals surface area contributed by atoms with Crippen LogP contribution >= 0.6 is 0 Å². The van der Waals surface area contributed by atoms with Gasteiger partial charge in [0.1, 0.15) is 5.82 Å². The summed E-state index contributed by atoms with van der Waals surface area (Å²) >= 11 is 0. The van der Waals surface area contributed by atoms with Gasteiger partial charge in [0.25, 0.3) is 0 Å². The first kappa shape index (κ1) is 6.00. The highest BCUT2D eigenvalue weighted by molar-refractivity contribution is 5.64. The topological polar surface area (TPSA) is 17.8 Å². The molecule has 2 heteroatoms. The van der Waals surface area contributed by atoms with Crippen LogP contribution in [0.15, 0.2) is 36.7 Å². The third-order valence-electron chi connectivity index (χ3n) is 2.31. The van der Waals surface area contributed by atoms with Gasteiger partial charge in [-0.1, -0.05) is 24.3 Å². The van der Waals surface area contributed by atoms with E-state index in [1.165, 1.54) is 11.1 Å². The van der Waals surface area contributed by atoms with Gasteiger partial charge in [-0.25, -0.2) is 4.98 Å².